The van der Waals surface area contributed by atoms with Crippen molar-refractivity contribution in [3.05, 3.63) is 0 Å². The first-order valence-electron chi connectivity index (χ1n) is 9.88. The number of hydrogen-bond donors (Lipinski definition) is 0. The largest absolute Gasteiger partial charge is 2.00 e. The second-order valence-electron chi connectivity index (χ2n) is 5.90. The molecule has 0 aliphatic heterocycles. The molecule has 0 saturated heterocycles. The Bertz CT molecular complexity index is 319. The molecule has 0 aromatic carbocycles. The van der Waals surface area contributed by atoms with E-state index in [0.717, 1.165) is 51.4 Å². The van der Waals surface area contributed by atoms with Gasteiger partial charge in [-0.15, -0.1) is 0 Å². The maximum Gasteiger partial charge on any atom is 2.00 e. The number of carboxylic acids is 4. The minimum Gasteiger partial charge on any atom is -0.550 e. The Labute approximate surface area is 206 Å². The summed E-state index contributed by atoms with van der Waals surface area (Å²) in [4.78, 5) is 38.6. The van der Waals surface area contributed by atoms with Crippen LogP contribution >= 0.6 is 0 Å². The van der Waals surface area contributed by atoms with E-state index in [-0.39, 0.29) is 64.6 Å². The summed E-state index contributed by atoms with van der Waals surface area (Å²) in [5.41, 5.74) is 0. The standard InChI is InChI=1S/4C5H10O2.2Rh/c4*1-2-3-4-5(6)7;;/h4*2-4H2,1H3,(H,6,7);;/q;;;;2*+2/p-4. The normalized spacial score (nSPS) is 8.13. The summed E-state index contributed by atoms with van der Waals surface area (Å²) in [5, 5.41) is 38.6. The maximum atomic E-state index is 9.65. The van der Waals surface area contributed by atoms with Crippen LogP contribution in [0.5, 0.6) is 0 Å². The Morgan fingerprint density at radius 3 is 0.600 bits per heavy atom. The molecule has 0 aliphatic rings. The van der Waals surface area contributed by atoms with Crippen LogP contribution in [0.2, 0.25) is 0 Å². The Kier molecular flexibility index (Phi) is 55.6. The van der Waals surface area contributed by atoms with Gasteiger partial charge in [-0.2, -0.15) is 0 Å². The fourth-order valence-corrected chi connectivity index (χ4v) is 1.28. The molecule has 0 fully saturated rings. The summed E-state index contributed by atoms with van der Waals surface area (Å²) in [6.07, 6.45) is 7.47. The molecule has 0 aromatic rings. The molecule has 30 heavy (non-hydrogen) atoms. The summed E-state index contributed by atoms with van der Waals surface area (Å²) in [6, 6.07) is 0. The van der Waals surface area contributed by atoms with Gasteiger partial charge in [-0.05, 0) is 51.4 Å². The van der Waals surface area contributed by atoms with Crippen molar-refractivity contribution in [2.75, 3.05) is 0 Å². The van der Waals surface area contributed by atoms with Crippen molar-refractivity contribution in [3.8, 4) is 0 Å². The Morgan fingerprint density at radius 1 is 0.433 bits per heavy atom. The SMILES string of the molecule is CCCCC(=O)[O-].CCCCC(=O)[O-].CCCCC(=O)[O-].CCCCC(=O)[O-].[Rh+2].[Rh+2]. The smallest absolute Gasteiger partial charge is 0.550 e. The van der Waals surface area contributed by atoms with Crippen molar-refractivity contribution in [3.63, 3.8) is 0 Å². The first-order valence-corrected chi connectivity index (χ1v) is 9.88. The summed E-state index contributed by atoms with van der Waals surface area (Å²) >= 11 is 0. The van der Waals surface area contributed by atoms with Gasteiger partial charge in [0.25, 0.3) is 0 Å². The zero-order chi connectivity index (χ0) is 22.8. The van der Waals surface area contributed by atoms with E-state index in [1.807, 2.05) is 27.7 Å². The van der Waals surface area contributed by atoms with Crippen LogP contribution in [0.3, 0.4) is 0 Å². The number of carbonyl (C=O) groups is 4. The second kappa shape index (κ2) is 38.7. The van der Waals surface area contributed by atoms with E-state index in [1.54, 1.807) is 0 Å². The molecule has 0 amide bonds. The van der Waals surface area contributed by atoms with E-state index >= 15 is 0 Å². The fourth-order valence-electron chi connectivity index (χ4n) is 1.28. The Morgan fingerprint density at radius 2 is 0.567 bits per heavy atom. The molecule has 2 radical (unpaired) electrons. The average molecular weight is 610 g/mol. The molecule has 0 atom stereocenters. The fraction of sp³-hybridized carbons (Fsp3) is 0.800. The average Bonchev–Trinajstić information content (AvgIpc) is 2.62. The zero-order valence-corrected chi connectivity index (χ0v) is 21.7. The van der Waals surface area contributed by atoms with Crippen LogP contribution in [0.1, 0.15) is 105 Å². The molecular weight excluding hydrogens is 574 g/mol. The first kappa shape index (κ1) is 43.1. The van der Waals surface area contributed by atoms with Crippen LogP contribution < -0.4 is 20.4 Å². The predicted octanol–water partition coefficient (Wildman–Crippen LogP) is -0.299. The van der Waals surface area contributed by atoms with Gasteiger partial charge in [0, 0.05) is 23.9 Å². The van der Waals surface area contributed by atoms with E-state index in [1.165, 1.54) is 0 Å². The molecule has 0 rings (SSSR count). The molecule has 0 unspecified atom stereocenters. The summed E-state index contributed by atoms with van der Waals surface area (Å²) < 4.78 is 0. The van der Waals surface area contributed by atoms with Crippen molar-refractivity contribution >= 4 is 23.9 Å². The van der Waals surface area contributed by atoms with Gasteiger partial charge in [-0.25, -0.2) is 0 Å². The Hall–Kier alpha value is -0.873. The molecule has 0 heterocycles. The molecule has 0 spiro atoms. The minimum absolute atomic E-state index is 0. The monoisotopic (exact) mass is 610 g/mol. The van der Waals surface area contributed by atoms with Gasteiger partial charge in [0.1, 0.15) is 0 Å². The van der Waals surface area contributed by atoms with Crippen LogP contribution in [0.4, 0.5) is 0 Å². The zero-order valence-electron chi connectivity index (χ0n) is 18.4. The third-order valence-electron chi connectivity index (χ3n) is 2.94. The quantitative estimate of drug-likeness (QED) is 0.273. The van der Waals surface area contributed by atoms with Crippen LogP contribution in [-0.2, 0) is 58.1 Å². The van der Waals surface area contributed by atoms with E-state index in [9.17, 15) is 39.6 Å². The van der Waals surface area contributed by atoms with Gasteiger partial charge in [0.15, 0.2) is 0 Å². The topological polar surface area (TPSA) is 161 Å². The number of unbranched alkanes of at least 4 members (excludes halogenated alkanes) is 4. The number of aliphatic carboxylic acids is 4. The van der Waals surface area contributed by atoms with Crippen molar-refractivity contribution in [2.24, 2.45) is 0 Å². The van der Waals surface area contributed by atoms with Crippen LogP contribution in [-0.4, -0.2) is 23.9 Å². The number of carboxylic acid groups (broad SMARTS) is 4. The van der Waals surface area contributed by atoms with Gasteiger partial charge in [-0.3, -0.25) is 0 Å². The van der Waals surface area contributed by atoms with E-state index < -0.39 is 23.9 Å². The minimum atomic E-state index is -0.943. The third kappa shape index (κ3) is 80.9. The molecular formula is C20H36O8Rh2. The van der Waals surface area contributed by atoms with Crippen LogP contribution in [0, 0.1) is 0 Å². The van der Waals surface area contributed by atoms with Crippen molar-refractivity contribution in [1.82, 2.24) is 0 Å². The van der Waals surface area contributed by atoms with Crippen LogP contribution in [0.25, 0.3) is 0 Å². The first-order chi connectivity index (χ1) is 13.1. The molecule has 0 bridgehead atoms. The third-order valence-corrected chi connectivity index (χ3v) is 2.94. The molecule has 0 N–H and O–H groups in total. The number of hydrogen-bond acceptors (Lipinski definition) is 8. The van der Waals surface area contributed by atoms with E-state index in [0.29, 0.717) is 0 Å². The molecule has 10 heteroatoms. The van der Waals surface area contributed by atoms with Gasteiger partial charge in [-0.1, -0.05) is 53.4 Å². The van der Waals surface area contributed by atoms with Crippen LogP contribution in [0.15, 0.2) is 0 Å². The molecule has 182 valence electrons. The molecule has 0 aromatic heterocycles. The predicted molar refractivity (Wildman–Crippen MR) is 98.1 cm³/mol. The van der Waals surface area contributed by atoms with Gasteiger partial charge >= 0.3 is 39.0 Å². The van der Waals surface area contributed by atoms with Crippen molar-refractivity contribution in [1.29, 1.82) is 0 Å². The van der Waals surface area contributed by atoms with Gasteiger partial charge < -0.3 is 39.6 Å². The van der Waals surface area contributed by atoms with Gasteiger partial charge in [0.05, 0.1) is 0 Å². The second-order valence-corrected chi connectivity index (χ2v) is 5.90. The number of rotatable bonds is 12. The Balaban J connectivity index is -0.0000000626. The van der Waals surface area contributed by atoms with Gasteiger partial charge in [0.2, 0.25) is 0 Å². The summed E-state index contributed by atoms with van der Waals surface area (Å²) in [7, 11) is 0. The molecule has 0 saturated carbocycles. The summed E-state index contributed by atoms with van der Waals surface area (Å²) in [5.74, 6) is -3.77. The molecule has 8 nitrogen and oxygen atoms in total. The van der Waals surface area contributed by atoms with Crippen molar-refractivity contribution in [2.45, 2.75) is 105 Å². The molecule has 0 aliphatic carbocycles. The van der Waals surface area contributed by atoms with E-state index in [4.69, 9.17) is 0 Å². The summed E-state index contributed by atoms with van der Waals surface area (Å²) in [6.45, 7) is 7.79. The number of carbonyl (C=O) groups excluding carboxylic acids is 4. The van der Waals surface area contributed by atoms with Crippen molar-refractivity contribution < 1.29 is 78.6 Å². The maximum absolute atomic E-state index is 9.65. The van der Waals surface area contributed by atoms with E-state index in [2.05, 4.69) is 0 Å².